The van der Waals surface area contributed by atoms with Gasteiger partial charge in [0.05, 0.1) is 17.0 Å². The number of nitrogens with zero attached hydrogens (tertiary/aromatic N) is 1. The fourth-order valence-electron chi connectivity index (χ4n) is 3.20. The highest BCUT2D eigenvalue weighted by Crippen LogP contribution is 2.37. The van der Waals surface area contributed by atoms with Crippen LogP contribution in [0.5, 0.6) is 0 Å². The molecule has 11 heteroatoms. The average molecular weight is 465 g/mol. The number of halogens is 7. The van der Waals surface area contributed by atoms with E-state index in [1.807, 2.05) is 0 Å². The van der Waals surface area contributed by atoms with Crippen LogP contribution in [0.3, 0.4) is 0 Å². The van der Waals surface area contributed by atoms with E-state index >= 15 is 0 Å². The van der Waals surface area contributed by atoms with Crippen molar-refractivity contribution in [1.82, 2.24) is 4.90 Å². The number of hydrogen-bond donors (Lipinski definition) is 1. The molecule has 0 radical (unpaired) electrons. The van der Waals surface area contributed by atoms with E-state index in [1.165, 1.54) is 0 Å². The van der Waals surface area contributed by atoms with E-state index in [1.54, 1.807) is 24.3 Å². The molecule has 1 aliphatic rings. The van der Waals surface area contributed by atoms with E-state index < -0.39 is 46.8 Å². The molecule has 0 aliphatic carbocycles. The van der Waals surface area contributed by atoms with E-state index in [0.29, 0.717) is 22.8 Å². The van der Waals surface area contributed by atoms with Crippen molar-refractivity contribution < 1.29 is 35.9 Å². The Kier molecular flexibility index (Phi) is 6.22. The molecular formula is C20H15ClF6N2O2. The number of anilines is 1. The van der Waals surface area contributed by atoms with Crippen LogP contribution in [0.4, 0.5) is 32.0 Å². The molecule has 2 amide bonds. The van der Waals surface area contributed by atoms with Gasteiger partial charge in [-0.05, 0) is 48.9 Å². The molecule has 1 atom stereocenters. The van der Waals surface area contributed by atoms with E-state index in [-0.39, 0.29) is 25.6 Å². The molecule has 3 rings (SSSR count). The highest BCUT2D eigenvalue weighted by molar-refractivity contribution is 6.30. The van der Waals surface area contributed by atoms with Gasteiger partial charge < -0.3 is 10.2 Å². The Hall–Kier alpha value is -2.75. The van der Waals surface area contributed by atoms with Crippen LogP contribution in [0.15, 0.2) is 42.5 Å². The zero-order valence-electron chi connectivity index (χ0n) is 15.6. The van der Waals surface area contributed by atoms with Crippen LogP contribution in [-0.4, -0.2) is 29.8 Å². The number of hydrogen-bond acceptors (Lipinski definition) is 2. The molecule has 166 valence electrons. The summed E-state index contributed by atoms with van der Waals surface area (Å²) in [6, 6.07) is 7.00. The summed E-state index contributed by atoms with van der Waals surface area (Å²) in [7, 11) is 0. The summed E-state index contributed by atoms with van der Waals surface area (Å²) < 4.78 is 78.1. The van der Waals surface area contributed by atoms with E-state index in [0.717, 1.165) is 4.90 Å². The van der Waals surface area contributed by atoms with Gasteiger partial charge in [0.25, 0.3) is 5.91 Å². The minimum atomic E-state index is -5.05. The molecule has 2 aromatic rings. The second-order valence-corrected chi connectivity index (χ2v) is 7.46. The molecule has 1 heterocycles. The minimum Gasteiger partial charge on any atom is -0.338 e. The monoisotopic (exact) mass is 464 g/mol. The molecule has 4 nitrogen and oxygen atoms in total. The van der Waals surface area contributed by atoms with E-state index in [2.05, 4.69) is 5.32 Å². The lowest BCUT2D eigenvalue weighted by Crippen LogP contribution is -2.32. The topological polar surface area (TPSA) is 49.4 Å². The highest BCUT2D eigenvalue weighted by Gasteiger charge is 2.39. The van der Waals surface area contributed by atoms with Crippen LogP contribution < -0.4 is 5.32 Å². The van der Waals surface area contributed by atoms with Gasteiger partial charge in [-0.3, -0.25) is 9.59 Å². The summed E-state index contributed by atoms with van der Waals surface area (Å²) in [6.45, 7) is -0.106. The quantitative estimate of drug-likeness (QED) is 0.612. The van der Waals surface area contributed by atoms with Gasteiger partial charge in [-0.25, -0.2) is 0 Å². The van der Waals surface area contributed by atoms with Crippen molar-refractivity contribution in [3.63, 3.8) is 0 Å². The summed E-state index contributed by atoms with van der Waals surface area (Å²) in [5.74, 6) is -2.08. The Balaban J connectivity index is 1.76. The van der Waals surface area contributed by atoms with Crippen molar-refractivity contribution in [3.8, 4) is 0 Å². The highest BCUT2D eigenvalue weighted by atomic mass is 35.5. The van der Waals surface area contributed by atoms with E-state index in [9.17, 15) is 35.9 Å². The number of likely N-dealkylation sites (tertiary alicyclic amines) is 1. The molecular weight excluding hydrogens is 450 g/mol. The molecule has 0 aromatic heterocycles. The van der Waals surface area contributed by atoms with Crippen molar-refractivity contribution in [3.05, 3.63) is 64.2 Å². The third-order valence-corrected chi connectivity index (χ3v) is 5.04. The van der Waals surface area contributed by atoms with Crippen LogP contribution in [0.1, 0.15) is 27.9 Å². The molecule has 1 unspecified atom stereocenters. The smallest absolute Gasteiger partial charge is 0.338 e. The van der Waals surface area contributed by atoms with Crippen LogP contribution in [0.25, 0.3) is 0 Å². The number of rotatable bonds is 3. The Morgan fingerprint density at radius 3 is 2.00 bits per heavy atom. The predicted octanol–water partition coefficient (Wildman–Crippen LogP) is 5.48. The molecule has 31 heavy (non-hydrogen) atoms. The molecule has 0 saturated carbocycles. The van der Waals surface area contributed by atoms with Crippen molar-refractivity contribution >= 4 is 29.1 Å². The average Bonchev–Trinajstić information content (AvgIpc) is 3.18. The van der Waals surface area contributed by atoms with Crippen molar-refractivity contribution in [2.24, 2.45) is 5.92 Å². The maximum Gasteiger partial charge on any atom is 0.416 e. The Labute approximate surface area is 177 Å². The van der Waals surface area contributed by atoms with Gasteiger partial charge in [-0.15, -0.1) is 0 Å². The van der Waals surface area contributed by atoms with Gasteiger partial charge in [0.1, 0.15) is 0 Å². The van der Waals surface area contributed by atoms with Crippen LogP contribution in [-0.2, 0) is 17.1 Å². The molecule has 1 N–H and O–H groups in total. The largest absolute Gasteiger partial charge is 0.416 e. The molecule has 1 saturated heterocycles. The van der Waals surface area contributed by atoms with Crippen LogP contribution in [0.2, 0.25) is 5.02 Å². The number of nitrogens with one attached hydrogen (secondary N) is 1. The van der Waals surface area contributed by atoms with Crippen LogP contribution in [0, 0.1) is 5.92 Å². The SMILES string of the molecule is O=C(Nc1ccc(Cl)cc1)C1CCN(C(=O)c2cc(C(F)(F)F)cc(C(F)(F)F)c2)C1. The second kappa shape index (κ2) is 8.41. The van der Waals surface area contributed by atoms with Crippen molar-refractivity contribution in [1.29, 1.82) is 0 Å². The first-order valence-electron chi connectivity index (χ1n) is 9.00. The van der Waals surface area contributed by atoms with Gasteiger partial charge >= 0.3 is 12.4 Å². The third kappa shape index (κ3) is 5.49. The van der Waals surface area contributed by atoms with Gasteiger partial charge in [-0.1, -0.05) is 11.6 Å². The third-order valence-electron chi connectivity index (χ3n) is 4.79. The molecule has 1 fully saturated rings. The van der Waals surface area contributed by atoms with Gasteiger partial charge in [0.15, 0.2) is 0 Å². The predicted molar refractivity (Wildman–Crippen MR) is 101 cm³/mol. The first-order valence-corrected chi connectivity index (χ1v) is 9.37. The summed E-state index contributed by atoms with van der Waals surface area (Å²) in [5.41, 5.74) is -3.41. The van der Waals surface area contributed by atoms with Crippen molar-refractivity contribution in [2.75, 3.05) is 18.4 Å². The summed E-state index contributed by atoms with van der Waals surface area (Å²) in [5, 5.41) is 3.10. The number of amides is 2. The Morgan fingerprint density at radius 1 is 0.935 bits per heavy atom. The number of alkyl halides is 6. The Bertz CT molecular complexity index is 956. The molecule has 2 aromatic carbocycles. The summed E-state index contributed by atoms with van der Waals surface area (Å²) in [4.78, 5) is 26.1. The fraction of sp³-hybridized carbons (Fsp3) is 0.300. The first-order chi connectivity index (χ1) is 14.3. The lowest BCUT2D eigenvalue weighted by atomic mass is 10.0. The number of carbonyl (C=O) groups is 2. The summed E-state index contributed by atoms with van der Waals surface area (Å²) >= 11 is 5.77. The summed E-state index contributed by atoms with van der Waals surface area (Å²) in [6.07, 6.45) is -9.89. The molecule has 0 bridgehead atoms. The van der Waals surface area contributed by atoms with Gasteiger partial charge in [0.2, 0.25) is 5.91 Å². The van der Waals surface area contributed by atoms with E-state index in [4.69, 9.17) is 11.6 Å². The number of benzene rings is 2. The van der Waals surface area contributed by atoms with Crippen LogP contribution >= 0.6 is 11.6 Å². The standard InChI is InChI=1S/C20H15ClF6N2O2/c21-15-1-3-16(4-2-15)28-17(30)11-5-6-29(10-11)18(31)12-7-13(19(22,23)24)9-14(8-12)20(25,26)27/h1-4,7-9,11H,5-6,10H2,(H,28,30). The van der Waals surface area contributed by atoms with Gasteiger partial charge in [-0.2, -0.15) is 26.3 Å². The lowest BCUT2D eigenvalue weighted by molar-refractivity contribution is -0.143. The molecule has 1 aliphatic heterocycles. The zero-order valence-corrected chi connectivity index (χ0v) is 16.4. The normalized spacial score (nSPS) is 17.0. The zero-order chi connectivity index (χ0) is 23.0. The minimum absolute atomic E-state index is 0.0230. The Morgan fingerprint density at radius 2 is 1.48 bits per heavy atom. The second-order valence-electron chi connectivity index (χ2n) is 7.03. The molecule has 0 spiro atoms. The lowest BCUT2D eigenvalue weighted by Gasteiger charge is -2.19. The maximum atomic E-state index is 13.0. The maximum absolute atomic E-state index is 13.0. The fourth-order valence-corrected chi connectivity index (χ4v) is 3.32. The van der Waals surface area contributed by atoms with Gasteiger partial charge in [0, 0.05) is 29.4 Å². The first kappa shape index (κ1) is 22.9. The van der Waals surface area contributed by atoms with Crippen molar-refractivity contribution in [2.45, 2.75) is 18.8 Å². The number of carbonyl (C=O) groups excluding carboxylic acids is 2.